The van der Waals surface area contributed by atoms with Gasteiger partial charge in [-0.3, -0.25) is 0 Å². The zero-order valence-corrected chi connectivity index (χ0v) is 10.9. The van der Waals surface area contributed by atoms with E-state index in [1.54, 1.807) is 12.1 Å². The van der Waals surface area contributed by atoms with E-state index in [1.807, 2.05) is 6.07 Å². The molecular weight excluding hydrogens is 267 g/mol. The number of alkyl halides is 1. The van der Waals surface area contributed by atoms with Crippen molar-refractivity contribution in [1.82, 2.24) is 0 Å². The molecule has 0 unspecified atom stereocenters. The number of rotatable bonds is 1. The van der Waals surface area contributed by atoms with Crippen LogP contribution in [-0.4, -0.2) is 4.32 Å². The standard InChI is InChI=1S/C14H16BrF/c15-14-7-4-13(5-8-14,6-9-14)11-2-1-3-12(16)10-11/h1-3,10H,4-9H2. The summed E-state index contributed by atoms with van der Waals surface area (Å²) in [6, 6.07) is 7.24. The Bertz CT molecular complexity index is 388. The minimum absolute atomic E-state index is 0.0897. The molecule has 0 heterocycles. The van der Waals surface area contributed by atoms with Crippen LogP contribution in [0.4, 0.5) is 4.39 Å². The molecule has 3 saturated carbocycles. The third-order valence-corrected chi connectivity index (χ3v) is 5.78. The predicted octanol–water partition coefficient (Wildman–Crippen LogP) is 4.57. The largest absolute Gasteiger partial charge is 0.207 e. The van der Waals surface area contributed by atoms with E-state index in [9.17, 15) is 4.39 Å². The van der Waals surface area contributed by atoms with Gasteiger partial charge in [0.25, 0.3) is 0 Å². The van der Waals surface area contributed by atoms with Crippen LogP contribution in [0.25, 0.3) is 0 Å². The quantitative estimate of drug-likeness (QED) is 0.662. The van der Waals surface area contributed by atoms with Crippen LogP contribution in [0.2, 0.25) is 0 Å². The summed E-state index contributed by atoms with van der Waals surface area (Å²) in [5.41, 5.74) is 1.50. The van der Waals surface area contributed by atoms with Gasteiger partial charge in [0.2, 0.25) is 0 Å². The molecule has 16 heavy (non-hydrogen) atoms. The van der Waals surface area contributed by atoms with Crippen molar-refractivity contribution in [3.8, 4) is 0 Å². The maximum absolute atomic E-state index is 13.3. The summed E-state index contributed by atoms with van der Waals surface area (Å²) in [4.78, 5) is 0. The van der Waals surface area contributed by atoms with E-state index in [0.29, 0.717) is 4.32 Å². The fraction of sp³-hybridized carbons (Fsp3) is 0.571. The molecule has 2 bridgehead atoms. The summed E-state index contributed by atoms with van der Waals surface area (Å²) in [5, 5.41) is 0. The molecule has 0 N–H and O–H groups in total. The van der Waals surface area contributed by atoms with Crippen LogP contribution in [0.3, 0.4) is 0 Å². The van der Waals surface area contributed by atoms with E-state index >= 15 is 0 Å². The first-order chi connectivity index (χ1) is 7.62. The molecule has 0 spiro atoms. The molecule has 3 fully saturated rings. The molecule has 0 saturated heterocycles. The summed E-state index contributed by atoms with van der Waals surface area (Å²) in [7, 11) is 0. The van der Waals surface area contributed by atoms with E-state index in [2.05, 4.69) is 22.0 Å². The minimum Gasteiger partial charge on any atom is -0.207 e. The summed E-state index contributed by atoms with van der Waals surface area (Å²) in [6.07, 6.45) is 7.35. The molecule has 0 nitrogen and oxygen atoms in total. The predicted molar refractivity (Wildman–Crippen MR) is 67.4 cm³/mol. The van der Waals surface area contributed by atoms with Gasteiger partial charge in [0.05, 0.1) is 0 Å². The van der Waals surface area contributed by atoms with Crippen LogP contribution in [0.1, 0.15) is 44.1 Å². The Hall–Kier alpha value is -0.370. The van der Waals surface area contributed by atoms with E-state index in [4.69, 9.17) is 0 Å². The van der Waals surface area contributed by atoms with Crippen LogP contribution in [-0.2, 0) is 5.41 Å². The van der Waals surface area contributed by atoms with Crippen molar-refractivity contribution in [3.05, 3.63) is 35.6 Å². The van der Waals surface area contributed by atoms with E-state index in [-0.39, 0.29) is 11.2 Å². The molecule has 0 aromatic heterocycles. The first-order valence-electron chi connectivity index (χ1n) is 6.07. The van der Waals surface area contributed by atoms with Crippen LogP contribution in [0.5, 0.6) is 0 Å². The van der Waals surface area contributed by atoms with Gasteiger partial charge in [-0.05, 0) is 61.6 Å². The zero-order valence-electron chi connectivity index (χ0n) is 9.31. The average Bonchev–Trinajstić information content (AvgIpc) is 2.30. The Balaban J connectivity index is 1.95. The smallest absolute Gasteiger partial charge is 0.123 e. The Kier molecular flexibility index (Phi) is 2.39. The molecule has 0 atom stereocenters. The molecule has 86 valence electrons. The van der Waals surface area contributed by atoms with E-state index < -0.39 is 0 Å². The van der Waals surface area contributed by atoms with Crippen molar-refractivity contribution in [3.63, 3.8) is 0 Å². The summed E-state index contributed by atoms with van der Waals surface area (Å²) in [5.74, 6) is -0.0897. The molecule has 4 rings (SSSR count). The van der Waals surface area contributed by atoms with Gasteiger partial charge in [0, 0.05) is 4.32 Å². The highest BCUT2D eigenvalue weighted by Gasteiger charge is 2.47. The van der Waals surface area contributed by atoms with Crippen LogP contribution in [0, 0.1) is 5.82 Å². The van der Waals surface area contributed by atoms with Gasteiger partial charge >= 0.3 is 0 Å². The molecule has 3 aliphatic rings. The first-order valence-corrected chi connectivity index (χ1v) is 6.86. The highest BCUT2D eigenvalue weighted by molar-refractivity contribution is 9.10. The number of fused-ring (bicyclic) bond motifs is 3. The van der Waals surface area contributed by atoms with Crippen LogP contribution >= 0.6 is 15.9 Å². The van der Waals surface area contributed by atoms with E-state index in [1.165, 1.54) is 44.1 Å². The van der Waals surface area contributed by atoms with Crippen molar-refractivity contribution in [2.75, 3.05) is 0 Å². The molecule has 0 aliphatic heterocycles. The number of hydrogen-bond acceptors (Lipinski definition) is 0. The molecule has 2 heteroatoms. The molecule has 0 radical (unpaired) electrons. The lowest BCUT2D eigenvalue weighted by atomic mass is 9.58. The second-order valence-corrected chi connectivity index (χ2v) is 7.12. The van der Waals surface area contributed by atoms with Gasteiger partial charge in [-0.1, -0.05) is 28.1 Å². The molecule has 1 aromatic rings. The van der Waals surface area contributed by atoms with Gasteiger partial charge in [-0.25, -0.2) is 4.39 Å². The van der Waals surface area contributed by atoms with Crippen molar-refractivity contribution >= 4 is 15.9 Å². The molecule has 1 aromatic carbocycles. The average molecular weight is 283 g/mol. The second-order valence-electron chi connectivity index (χ2n) is 5.44. The Morgan fingerprint density at radius 3 is 2.19 bits per heavy atom. The first kappa shape index (κ1) is 10.8. The fourth-order valence-corrected chi connectivity index (χ4v) is 3.99. The van der Waals surface area contributed by atoms with Gasteiger partial charge < -0.3 is 0 Å². The third kappa shape index (κ3) is 1.62. The van der Waals surface area contributed by atoms with Crippen molar-refractivity contribution < 1.29 is 4.39 Å². The number of benzene rings is 1. The van der Waals surface area contributed by atoms with Crippen molar-refractivity contribution in [1.29, 1.82) is 0 Å². The Morgan fingerprint density at radius 2 is 1.62 bits per heavy atom. The molecule has 3 aliphatic carbocycles. The highest BCUT2D eigenvalue weighted by atomic mass is 79.9. The topological polar surface area (TPSA) is 0 Å². The lowest BCUT2D eigenvalue weighted by Gasteiger charge is -2.51. The lowest BCUT2D eigenvalue weighted by Crippen LogP contribution is -2.44. The third-order valence-electron chi connectivity index (χ3n) is 4.59. The van der Waals surface area contributed by atoms with Gasteiger partial charge in [0.15, 0.2) is 0 Å². The maximum Gasteiger partial charge on any atom is 0.123 e. The minimum atomic E-state index is -0.0897. The summed E-state index contributed by atoms with van der Waals surface area (Å²) >= 11 is 3.87. The zero-order chi connectivity index (χ0) is 11.2. The normalized spacial score (nSPS) is 37.6. The maximum atomic E-state index is 13.3. The van der Waals surface area contributed by atoms with Gasteiger partial charge in [-0.2, -0.15) is 0 Å². The summed E-state index contributed by atoms with van der Waals surface area (Å²) < 4.78 is 13.7. The SMILES string of the molecule is Fc1cccc(C23CCC(Br)(CC2)CC3)c1. The Labute approximate surface area is 104 Å². The molecular formula is C14H16BrF. The van der Waals surface area contributed by atoms with Gasteiger partial charge in [-0.15, -0.1) is 0 Å². The van der Waals surface area contributed by atoms with Crippen LogP contribution < -0.4 is 0 Å². The van der Waals surface area contributed by atoms with Gasteiger partial charge in [0.1, 0.15) is 5.82 Å². The Morgan fingerprint density at radius 1 is 1.00 bits per heavy atom. The van der Waals surface area contributed by atoms with Crippen LogP contribution in [0.15, 0.2) is 24.3 Å². The lowest BCUT2D eigenvalue weighted by molar-refractivity contribution is 0.162. The highest BCUT2D eigenvalue weighted by Crippen LogP contribution is 2.56. The summed E-state index contributed by atoms with van der Waals surface area (Å²) in [6.45, 7) is 0. The fourth-order valence-electron chi connectivity index (χ4n) is 3.39. The second kappa shape index (κ2) is 3.56. The van der Waals surface area contributed by atoms with E-state index in [0.717, 1.165) is 0 Å². The van der Waals surface area contributed by atoms with Crippen molar-refractivity contribution in [2.45, 2.75) is 48.3 Å². The number of hydrogen-bond donors (Lipinski definition) is 0. The molecule has 0 amide bonds. The number of halogens is 2. The monoisotopic (exact) mass is 282 g/mol. The van der Waals surface area contributed by atoms with Crippen molar-refractivity contribution in [2.24, 2.45) is 0 Å².